The van der Waals surface area contributed by atoms with Crippen LogP contribution in [0.5, 0.6) is 0 Å². The third-order valence-electron chi connectivity index (χ3n) is 5.41. The average molecular weight is 472 g/mol. The standard InChI is InChI=1S/C24H26ClN3O3S/c25-18-9-7-17(8-10-18)24(30)26-11-12-28-15-22(20-5-1-2-6-21(20)28)32-16-23(29)27-14-19-4-3-13-31-19/h1-2,5-10,15,19H,3-4,11-14,16H2,(H,26,30)(H,27,29)/t19-/m1/s1. The number of carbonyl (C=O) groups excluding carboxylic acids is 2. The summed E-state index contributed by atoms with van der Waals surface area (Å²) in [6, 6.07) is 14.9. The van der Waals surface area contributed by atoms with Gasteiger partial charge in [-0.1, -0.05) is 29.8 Å². The fourth-order valence-corrected chi connectivity index (χ4v) is 4.78. The van der Waals surface area contributed by atoms with E-state index in [-0.39, 0.29) is 17.9 Å². The van der Waals surface area contributed by atoms with Crippen molar-refractivity contribution in [2.75, 3.05) is 25.4 Å². The highest BCUT2D eigenvalue weighted by molar-refractivity contribution is 8.00. The van der Waals surface area contributed by atoms with Crippen LogP contribution in [0.3, 0.4) is 0 Å². The van der Waals surface area contributed by atoms with E-state index >= 15 is 0 Å². The van der Waals surface area contributed by atoms with E-state index in [4.69, 9.17) is 16.3 Å². The lowest BCUT2D eigenvalue weighted by Gasteiger charge is -2.10. The lowest BCUT2D eigenvalue weighted by atomic mass is 10.2. The first-order valence-electron chi connectivity index (χ1n) is 10.7. The van der Waals surface area contributed by atoms with Crippen LogP contribution in [0, 0.1) is 0 Å². The van der Waals surface area contributed by atoms with Crippen molar-refractivity contribution < 1.29 is 14.3 Å². The Kier molecular flexibility index (Phi) is 7.73. The summed E-state index contributed by atoms with van der Waals surface area (Å²) in [6.07, 6.45) is 4.27. The van der Waals surface area contributed by atoms with Gasteiger partial charge in [-0.25, -0.2) is 0 Å². The molecule has 0 saturated carbocycles. The number of rotatable bonds is 9. The molecular weight excluding hydrogens is 446 g/mol. The van der Waals surface area contributed by atoms with Gasteiger partial charge in [0.05, 0.1) is 11.9 Å². The summed E-state index contributed by atoms with van der Waals surface area (Å²) in [4.78, 5) is 25.6. The molecule has 3 aromatic rings. The normalized spacial score (nSPS) is 15.7. The summed E-state index contributed by atoms with van der Waals surface area (Å²) in [5.74, 6) is 0.238. The maximum absolute atomic E-state index is 12.3. The minimum atomic E-state index is -0.129. The fraction of sp³-hybridized carbons (Fsp3) is 0.333. The number of ether oxygens (including phenoxy) is 1. The van der Waals surface area contributed by atoms with Crippen molar-refractivity contribution in [1.82, 2.24) is 15.2 Å². The van der Waals surface area contributed by atoms with E-state index in [1.54, 1.807) is 24.3 Å². The molecule has 0 radical (unpaired) electrons. The number of amides is 2. The lowest BCUT2D eigenvalue weighted by Crippen LogP contribution is -2.32. The molecule has 32 heavy (non-hydrogen) atoms. The van der Waals surface area contributed by atoms with E-state index in [0.29, 0.717) is 36.0 Å². The zero-order valence-corrected chi connectivity index (χ0v) is 19.3. The predicted octanol–water partition coefficient (Wildman–Crippen LogP) is 4.11. The molecule has 1 aromatic heterocycles. The van der Waals surface area contributed by atoms with E-state index in [2.05, 4.69) is 33.5 Å². The molecule has 1 fully saturated rings. The Bertz CT molecular complexity index is 1080. The van der Waals surface area contributed by atoms with Gasteiger partial charge in [0.1, 0.15) is 0 Å². The summed E-state index contributed by atoms with van der Waals surface area (Å²) in [6.45, 7) is 2.49. The van der Waals surface area contributed by atoms with E-state index < -0.39 is 0 Å². The Morgan fingerprint density at radius 1 is 1.12 bits per heavy atom. The molecule has 6 nitrogen and oxygen atoms in total. The second kappa shape index (κ2) is 10.9. The fourth-order valence-electron chi connectivity index (χ4n) is 3.73. The summed E-state index contributed by atoms with van der Waals surface area (Å²) in [5.41, 5.74) is 1.66. The lowest BCUT2D eigenvalue weighted by molar-refractivity contribution is -0.119. The maximum atomic E-state index is 12.3. The van der Waals surface area contributed by atoms with Crippen molar-refractivity contribution in [3.63, 3.8) is 0 Å². The third kappa shape index (κ3) is 5.85. The van der Waals surface area contributed by atoms with Crippen LogP contribution in [0.15, 0.2) is 59.6 Å². The highest BCUT2D eigenvalue weighted by Crippen LogP contribution is 2.29. The largest absolute Gasteiger partial charge is 0.376 e. The van der Waals surface area contributed by atoms with Crippen LogP contribution in [0.2, 0.25) is 5.02 Å². The molecule has 2 heterocycles. The van der Waals surface area contributed by atoms with E-state index in [0.717, 1.165) is 35.2 Å². The molecule has 1 aliphatic heterocycles. The van der Waals surface area contributed by atoms with Gasteiger partial charge >= 0.3 is 0 Å². The number of benzene rings is 2. The minimum Gasteiger partial charge on any atom is -0.376 e. The van der Waals surface area contributed by atoms with Gasteiger partial charge in [0.15, 0.2) is 0 Å². The second-order valence-corrected chi connectivity index (χ2v) is 9.15. The van der Waals surface area contributed by atoms with Crippen molar-refractivity contribution in [3.05, 3.63) is 65.3 Å². The zero-order chi connectivity index (χ0) is 22.3. The van der Waals surface area contributed by atoms with Crippen LogP contribution in [-0.2, 0) is 16.1 Å². The summed E-state index contributed by atoms with van der Waals surface area (Å²) in [7, 11) is 0. The van der Waals surface area contributed by atoms with Gasteiger partial charge in [-0.15, -0.1) is 11.8 Å². The number of fused-ring (bicyclic) bond motifs is 1. The monoisotopic (exact) mass is 471 g/mol. The Labute approximate surface area is 196 Å². The first-order chi connectivity index (χ1) is 15.6. The van der Waals surface area contributed by atoms with Gasteiger partial charge in [-0.05, 0) is 43.2 Å². The molecule has 0 aliphatic carbocycles. The van der Waals surface area contributed by atoms with Crippen LogP contribution in [0.1, 0.15) is 23.2 Å². The highest BCUT2D eigenvalue weighted by atomic mass is 35.5. The predicted molar refractivity (Wildman–Crippen MR) is 128 cm³/mol. The number of halogens is 1. The Morgan fingerprint density at radius 3 is 2.72 bits per heavy atom. The van der Waals surface area contributed by atoms with Gasteiger partial charge in [0.2, 0.25) is 5.91 Å². The van der Waals surface area contributed by atoms with Gasteiger partial charge in [-0.2, -0.15) is 0 Å². The Morgan fingerprint density at radius 2 is 1.94 bits per heavy atom. The van der Waals surface area contributed by atoms with Gasteiger partial charge in [-0.3, -0.25) is 9.59 Å². The number of hydrogen-bond donors (Lipinski definition) is 2. The quantitative estimate of drug-likeness (QED) is 0.461. The van der Waals surface area contributed by atoms with E-state index in [1.165, 1.54) is 11.8 Å². The van der Waals surface area contributed by atoms with Gasteiger partial charge < -0.3 is 19.9 Å². The first kappa shape index (κ1) is 22.7. The molecular formula is C24H26ClN3O3S. The van der Waals surface area contributed by atoms with Crippen molar-refractivity contribution >= 4 is 46.1 Å². The van der Waals surface area contributed by atoms with Crippen LogP contribution < -0.4 is 10.6 Å². The Balaban J connectivity index is 1.33. The van der Waals surface area contributed by atoms with Crippen LogP contribution in [0.25, 0.3) is 10.9 Å². The highest BCUT2D eigenvalue weighted by Gasteiger charge is 2.17. The molecule has 1 saturated heterocycles. The summed E-state index contributed by atoms with van der Waals surface area (Å²) in [5, 5.41) is 7.62. The molecule has 0 bridgehead atoms. The van der Waals surface area contributed by atoms with E-state index in [1.807, 2.05) is 12.1 Å². The van der Waals surface area contributed by atoms with Crippen molar-refractivity contribution in [1.29, 1.82) is 0 Å². The molecule has 168 valence electrons. The summed E-state index contributed by atoms with van der Waals surface area (Å²) < 4.78 is 7.67. The molecule has 2 aromatic carbocycles. The number of nitrogens with zero attached hydrogens (tertiary/aromatic N) is 1. The average Bonchev–Trinajstić information content (AvgIpc) is 3.45. The molecule has 0 unspecified atom stereocenters. The van der Waals surface area contributed by atoms with Crippen LogP contribution in [-0.4, -0.2) is 47.9 Å². The number of nitrogens with one attached hydrogen (secondary N) is 2. The van der Waals surface area contributed by atoms with Crippen LogP contribution >= 0.6 is 23.4 Å². The van der Waals surface area contributed by atoms with Gasteiger partial charge in [0, 0.05) is 58.8 Å². The van der Waals surface area contributed by atoms with Crippen LogP contribution in [0.4, 0.5) is 0 Å². The number of hydrogen-bond acceptors (Lipinski definition) is 4. The number of thioether (sulfide) groups is 1. The smallest absolute Gasteiger partial charge is 0.251 e. The molecule has 4 rings (SSSR count). The summed E-state index contributed by atoms with van der Waals surface area (Å²) >= 11 is 7.41. The minimum absolute atomic E-state index is 0.0116. The number of carbonyl (C=O) groups is 2. The molecule has 1 atom stereocenters. The second-order valence-electron chi connectivity index (χ2n) is 7.69. The number of aromatic nitrogens is 1. The maximum Gasteiger partial charge on any atom is 0.251 e. The molecule has 2 amide bonds. The SMILES string of the molecule is O=C(CSc1cn(CCNC(=O)c2ccc(Cl)cc2)c2ccccc12)NC[C@H]1CCCO1. The van der Waals surface area contributed by atoms with E-state index in [9.17, 15) is 9.59 Å². The topological polar surface area (TPSA) is 72.4 Å². The van der Waals surface area contributed by atoms with Gasteiger partial charge in [0.25, 0.3) is 5.91 Å². The zero-order valence-electron chi connectivity index (χ0n) is 17.7. The number of para-hydroxylation sites is 1. The molecule has 1 aliphatic rings. The van der Waals surface area contributed by atoms with Crippen molar-refractivity contribution in [2.24, 2.45) is 0 Å². The Hall–Kier alpha value is -2.48. The molecule has 0 spiro atoms. The molecule has 2 N–H and O–H groups in total. The van der Waals surface area contributed by atoms with Crippen molar-refractivity contribution in [3.8, 4) is 0 Å². The molecule has 8 heteroatoms. The van der Waals surface area contributed by atoms with Crippen molar-refractivity contribution in [2.45, 2.75) is 30.4 Å². The third-order valence-corrected chi connectivity index (χ3v) is 6.70. The first-order valence-corrected chi connectivity index (χ1v) is 12.1.